The summed E-state index contributed by atoms with van der Waals surface area (Å²) >= 11 is 0. The Morgan fingerprint density at radius 2 is 2.35 bits per heavy atom. The third-order valence-corrected chi connectivity index (χ3v) is 2.19. The van der Waals surface area contributed by atoms with E-state index in [0.29, 0.717) is 5.82 Å². The Kier molecular flexibility index (Phi) is 4.44. The average molecular weight is 241 g/mol. The number of nitrogens with one attached hydrogen (secondary N) is 2. The van der Waals surface area contributed by atoms with Gasteiger partial charge in [-0.2, -0.15) is 5.10 Å². The highest BCUT2D eigenvalue weighted by Crippen LogP contribution is 1.98. The fraction of sp³-hybridized carbons (Fsp3) is 0.556. The van der Waals surface area contributed by atoms with Gasteiger partial charge in [0.15, 0.2) is 0 Å². The zero-order chi connectivity index (χ0) is 12.8. The smallest absolute Gasteiger partial charge is 0.317 e. The first-order valence-corrected chi connectivity index (χ1v) is 5.06. The van der Waals surface area contributed by atoms with Crippen molar-refractivity contribution in [1.82, 2.24) is 25.4 Å². The van der Waals surface area contributed by atoms with Crippen LogP contribution in [0.25, 0.3) is 0 Å². The summed E-state index contributed by atoms with van der Waals surface area (Å²) < 4.78 is 0. The first kappa shape index (κ1) is 12.9. The standard InChI is InChI=1S/C9H15N5O3/c1-6(8(15)16)4-14(2)9(17)10-3-7-11-5-12-13-7/h5-6H,3-4H2,1-2H3,(H,10,17)(H,15,16)(H,11,12,13). The van der Waals surface area contributed by atoms with Crippen molar-refractivity contribution >= 4 is 12.0 Å². The molecule has 0 saturated heterocycles. The molecule has 0 saturated carbocycles. The molecular weight excluding hydrogens is 226 g/mol. The van der Waals surface area contributed by atoms with Crippen LogP contribution >= 0.6 is 0 Å². The molecule has 1 unspecified atom stereocenters. The van der Waals surface area contributed by atoms with Gasteiger partial charge < -0.3 is 15.3 Å². The molecule has 1 heterocycles. The minimum absolute atomic E-state index is 0.150. The van der Waals surface area contributed by atoms with Crippen molar-refractivity contribution in [3.63, 3.8) is 0 Å². The minimum Gasteiger partial charge on any atom is -0.481 e. The molecule has 8 heteroatoms. The molecule has 2 amide bonds. The van der Waals surface area contributed by atoms with Crippen molar-refractivity contribution in [3.05, 3.63) is 12.2 Å². The quantitative estimate of drug-likeness (QED) is 0.653. The largest absolute Gasteiger partial charge is 0.481 e. The van der Waals surface area contributed by atoms with E-state index in [4.69, 9.17) is 5.11 Å². The van der Waals surface area contributed by atoms with Gasteiger partial charge >= 0.3 is 12.0 Å². The third-order valence-electron chi connectivity index (χ3n) is 2.19. The van der Waals surface area contributed by atoms with Crippen molar-refractivity contribution in [2.45, 2.75) is 13.5 Å². The van der Waals surface area contributed by atoms with E-state index in [0.717, 1.165) is 0 Å². The number of carboxylic acids is 1. The predicted octanol–water partition coefficient (Wildman–Crippen LogP) is -0.333. The van der Waals surface area contributed by atoms with Gasteiger partial charge in [0.1, 0.15) is 12.2 Å². The zero-order valence-corrected chi connectivity index (χ0v) is 9.67. The molecule has 0 aliphatic rings. The van der Waals surface area contributed by atoms with Crippen LogP contribution in [-0.2, 0) is 11.3 Å². The molecule has 0 spiro atoms. The second kappa shape index (κ2) is 5.83. The van der Waals surface area contributed by atoms with E-state index in [2.05, 4.69) is 20.5 Å². The van der Waals surface area contributed by atoms with E-state index < -0.39 is 11.9 Å². The summed E-state index contributed by atoms with van der Waals surface area (Å²) in [6, 6.07) is -0.352. The van der Waals surface area contributed by atoms with E-state index in [9.17, 15) is 9.59 Å². The van der Waals surface area contributed by atoms with Crippen molar-refractivity contribution in [3.8, 4) is 0 Å². The van der Waals surface area contributed by atoms with E-state index in [-0.39, 0.29) is 19.1 Å². The van der Waals surface area contributed by atoms with Crippen LogP contribution in [0.1, 0.15) is 12.7 Å². The van der Waals surface area contributed by atoms with Gasteiger partial charge in [-0.1, -0.05) is 6.92 Å². The van der Waals surface area contributed by atoms with Gasteiger partial charge in [-0.3, -0.25) is 9.89 Å². The number of carbonyl (C=O) groups excluding carboxylic acids is 1. The third kappa shape index (κ3) is 4.09. The van der Waals surface area contributed by atoms with Crippen LogP contribution in [0.5, 0.6) is 0 Å². The summed E-state index contributed by atoms with van der Waals surface area (Å²) in [6.07, 6.45) is 1.34. The molecule has 1 rings (SSSR count). The van der Waals surface area contributed by atoms with Gasteiger partial charge in [-0.15, -0.1) is 0 Å². The van der Waals surface area contributed by atoms with Crippen LogP contribution in [0.4, 0.5) is 4.79 Å². The molecule has 0 aliphatic carbocycles. The Bertz CT molecular complexity index is 378. The topological polar surface area (TPSA) is 111 Å². The van der Waals surface area contributed by atoms with E-state index in [1.54, 1.807) is 6.92 Å². The molecule has 3 N–H and O–H groups in total. The summed E-state index contributed by atoms with van der Waals surface area (Å²) in [7, 11) is 1.54. The molecule has 1 aromatic rings. The molecule has 1 aromatic heterocycles. The van der Waals surface area contributed by atoms with Crippen LogP contribution in [0.2, 0.25) is 0 Å². The molecule has 0 fully saturated rings. The summed E-state index contributed by atoms with van der Waals surface area (Å²) in [5.74, 6) is -0.992. The fourth-order valence-electron chi connectivity index (χ4n) is 1.18. The maximum absolute atomic E-state index is 11.6. The van der Waals surface area contributed by atoms with E-state index in [1.165, 1.54) is 18.3 Å². The molecule has 1 atom stereocenters. The van der Waals surface area contributed by atoms with E-state index in [1.807, 2.05) is 0 Å². The number of aliphatic carboxylic acids is 1. The molecule has 0 aromatic carbocycles. The maximum Gasteiger partial charge on any atom is 0.317 e. The lowest BCUT2D eigenvalue weighted by atomic mass is 10.2. The highest BCUT2D eigenvalue weighted by Gasteiger charge is 2.17. The Morgan fingerprint density at radius 1 is 1.65 bits per heavy atom. The summed E-state index contributed by atoms with van der Waals surface area (Å²) in [5.41, 5.74) is 0. The summed E-state index contributed by atoms with van der Waals surface area (Å²) in [4.78, 5) is 27.3. The number of rotatable bonds is 5. The molecule has 0 radical (unpaired) electrons. The van der Waals surface area contributed by atoms with Gasteiger partial charge in [0.25, 0.3) is 0 Å². The molecule has 17 heavy (non-hydrogen) atoms. The SMILES string of the molecule is CC(CN(C)C(=O)NCc1ncn[nH]1)C(=O)O. The normalized spacial score (nSPS) is 11.9. The van der Waals surface area contributed by atoms with Crippen LogP contribution < -0.4 is 5.32 Å². The van der Waals surface area contributed by atoms with Gasteiger partial charge in [0, 0.05) is 13.6 Å². The van der Waals surface area contributed by atoms with Gasteiger partial charge in [-0.05, 0) is 0 Å². The Balaban J connectivity index is 2.34. The number of nitrogens with zero attached hydrogens (tertiary/aromatic N) is 3. The van der Waals surface area contributed by atoms with Crippen LogP contribution in [0, 0.1) is 5.92 Å². The second-order valence-electron chi connectivity index (χ2n) is 3.71. The number of hydrogen-bond acceptors (Lipinski definition) is 4. The first-order valence-electron chi connectivity index (χ1n) is 5.06. The van der Waals surface area contributed by atoms with Gasteiger partial charge in [-0.25, -0.2) is 9.78 Å². The highest BCUT2D eigenvalue weighted by molar-refractivity contribution is 5.75. The fourth-order valence-corrected chi connectivity index (χ4v) is 1.18. The number of urea groups is 1. The number of amides is 2. The second-order valence-corrected chi connectivity index (χ2v) is 3.71. The number of aromatic amines is 1. The number of hydrogen-bond donors (Lipinski definition) is 3. The van der Waals surface area contributed by atoms with Crippen molar-refractivity contribution in [2.75, 3.05) is 13.6 Å². The molecule has 94 valence electrons. The lowest BCUT2D eigenvalue weighted by Crippen LogP contribution is -2.40. The Labute approximate surface area is 98.0 Å². The minimum atomic E-state index is -0.931. The van der Waals surface area contributed by atoms with E-state index >= 15 is 0 Å². The lowest BCUT2D eigenvalue weighted by molar-refractivity contribution is -0.141. The number of carboxylic acid groups (broad SMARTS) is 1. The predicted molar refractivity (Wildman–Crippen MR) is 58.0 cm³/mol. The summed E-state index contributed by atoms with van der Waals surface area (Å²) in [6.45, 7) is 1.92. The van der Waals surface area contributed by atoms with Gasteiger partial charge in [0.2, 0.25) is 0 Å². The molecule has 8 nitrogen and oxygen atoms in total. The molecular formula is C9H15N5O3. The zero-order valence-electron chi connectivity index (χ0n) is 9.67. The maximum atomic E-state index is 11.6. The van der Waals surface area contributed by atoms with Crippen LogP contribution in [0.3, 0.4) is 0 Å². The Morgan fingerprint density at radius 3 is 2.88 bits per heavy atom. The Hall–Kier alpha value is -2.12. The lowest BCUT2D eigenvalue weighted by Gasteiger charge is -2.19. The van der Waals surface area contributed by atoms with Crippen molar-refractivity contribution in [1.29, 1.82) is 0 Å². The van der Waals surface area contributed by atoms with Crippen molar-refractivity contribution < 1.29 is 14.7 Å². The van der Waals surface area contributed by atoms with Crippen LogP contribution in [0.15, 0.2) is 6.33 Å². The van der Waals surface area contributed by atoms with Crippen LogP contribution in [-0.4, -0.2) is 50.8 Å². The molecule has 0 aliphatic heterocycles. The van der Waals surface area contributed by atoms with Crippen molar-refractivity contribution in [2.24, 2.45) is 5.92 Å². The monoisotopic (exact) mass is 241 g/mol. The van der Waals surface area contributed by atoms with Gasteiger partial charge in [0.05, 0.1) is 12.5 Å². The average Bonchev–Trinajstić information content (AvgIpc) is 2.78. The molecule has 0 bridgehead atoms. The number of aromatic nitrogens is 3. The number of H-pyrrole nitrogens is 1. The summed E-state index contributed by atoms with van der Waals surface area (Å²) in [5, 5.41) is 17.5. The highest BCUT2D eigenvalue weighted by atomic mass is 16.4. The first-order chi connectivity index (χ1) is 8.00. The number of carbonyl (C=O) groups is 2.